The van der Waals surface area contributed by atoms with Crippen LogP contribution in [0.15, 0.2) is 23.2 Å². The molecule has 106 valence electrons. The third-order valence-corrected chi connectivity index (χ3v) is 5.78. The predicted octanol–water partition coefficient (Wildman–Crippen LogP) is 2.57. The minimum absolute atomic E-state index is 0.294. The molecule has 2 rings (SSSR count). The minimum Gasteiger partial charge on any atom is -0.366 e. The number of anilines is 1. The Labute approximate surface area is 119 Å². The second-order valence-electron chi connectivity index (χ2n) is 4.98. The van der Waals surface area contributed by atoms with Crippen LogP contribution in [0.3, 0.4) is 0 Å². The number of thioether (sulfide) groups is 1. The summed E-state index contributed by atoms with van der Waals surface area (Å²) < 4.78 is 23.4. The number of pyridine rings is 1. The lowest BCUT2D eigenvalue weighted by molar-refractivity contribution is 0.471. The molecule has 4 nitrogen and oxygen atoms in total. The van der Waals surface area contributed by atoms with Gasteiger partial charge in [0.15, 0.2) is 9.84 Å². The molecule has 0 unspecified atom stereocenters. The molecule has 1 aromatic rings. The van der Waals surface area contributed by atoms with Crippen LogP contribution in [0.4, 0.5) is 5.82 Å². The van der Waals surface area contributed by atoms with Crippen molar-refractivity contribution in [2.45, 2.75) is 41.9 Å². The van der Waals surface area contributed by atoms with Crippen molar-refractivity contribution in [1.29, 1.82) is 0 Å². The van der Waals surface area contributed by atoms with Gasteiger partial charge in [-0.15, -0.1) is 0 Å². The molecule has 1 heterocycles. The van der Waals surface area contributed by atoms with Gasteiger partial charge in [-0.1, -0.05) is 0 Å². The molecule has 6 heteroatoms. The van der Waals surface area contributed by atoms with Crippen molar-refractivity contribution < 1.29 is 8.42 Å². The molecule has 1 aliphatic carbocycles. The van der Waals surface area contributed by atoms with Crippen molar-refractivity contribution in [3.8, 4) is 0 Å². The summed E-state index contributed by atoms with van der Waals surface area (Å²) in [6.07, 6.45) is 9.51. The molecule has 1 N–H and O–H groups in total. The van der Waals surface area contributed by atoms with Gasteiger partial charge in [-0.05, 0) is 44.1 Å². The van der Waals surface area contributed by atoms with E-state index in [4.69, 9.17) is 0 Å². The lowest BCUT2D eigenvalue weighted by atomic mass is 9.95. The van der Waals surface area contributed by atoms with Gasteiger partial charge in [0.05, 0.1) is 0 Å². The first-order valence-corrected chi connectivity index (χ1v) is 9.63. The summed E-state index contributed by atoms with van der Waals surface area (Å²) in [5.74, 6) is 0.498. The zero-order valence-corrected chi connectivity index (χ0v) is 12.9. The molecule has 0 aromatic carbocycles. The Balaban J connectivity index is 2.08. The van der Waals surface area contributed by atoms with Crippen LogP contribution < -0.4 is 5.32 Å². The molecule has 1 aromatic heterocycles. The molecular formula is C13H20N2O2S2. The molecule has 1 aliphatic rings. The summed E-state index contributed by atoms with van der Waals surface area (Å²) in [7, 11) is -3.23. The summed E-state index contributed by atoms with van der Waals surface area (Å²) in [4.78, 5) is 4.48. The average molecular weight is 300 g/mol. The van der Waals surface area contributed by atoms with Gasteiger partial charge in [-0.25, -0.2) is 13.4 Å². The van der Waals surface area contributed by atoms with E-state index in [1.165, 1.54) is 19.1 Å². The van der Waals surface area contributed by atoms with Gasteiger partial charge < -0.3 is 5.32 Å². The molecule has 1 fully saturated rings. The van der Waals surface area contributed by atoms with Crippen LogP contribution in [0.5, 0.6) is 0 Å². The van der Waals surface area contributed by atoms with E-state index in [9.17, 15) is 8.42 Å². The Morgan fingerprint density at radius 2 is 2.00 bits per heavy atom. The van der Waals surface area contributed by atoms with Crippen LogP contribution in [0.1, 0.15) is 25.7 Å². The van der Waals surface area contributed by atoms with Crippen LogP contribution >= 0.6 is 11.8 Å². The van der Waals surface area contributed by atoms with Gasteiger partial charge in [-0.2, -0.15) is 11.8 Å². The summed E-state index contributed by atoms with van der Waals surface area (Å²) in [5.41, 5.74) is 0. The lowest BCUT2D eigenvalue weighted by Gasteiger charge is -2.28. The van der Waals surface area contributed by atoms with E-state index in [0.29, 0.717) is 16.8 Å². The van der Waals surface area contributed by atoms with E-state index in [0.717, 1.165) is 18.1 Å². The number of hydrogen-bond acceptors (Lipinski definition) is 5. The predicted molar refractivity (Wildman–Crippen MR) is 80.5 cm³/mol. The largest absolute Gasteiger partial charge is 0.366 e. The van der Waals surface area contributed by atoms with Gasteiger partial charge in [0.1, 0.15) is 10.7 Å². The van der Waals surface area contributed by atoms with Crippen molar-refractivity contribution in [3.63, 3.8) is 0 Å². The van der Waals surface area contributed by atoms with Crippen LogP contribution in [0, 0.1) is 0 Å². The number of hydrogen-bond donors (Lipinski definition) is 1. The molecule has 0 atom stereocenters. The zero-order valence-electron chi connectivity index (χ0n) is 11.3. The summed E-state index contributed by atoms with van der Waals surface area (Å²) in [6, 6.07) is 3.60. The Morgan fingerprint density at radius 1 is 1.32 bits per heavy atom. The van der Waals surface area contributed by atoms with Crippen molar-refractivity contribution in [2.24, 2.45) is 0 Å². The average Bonchev–Trinajstić information content (AvgIpc) is 2.39. The van der Waals surface area contributed by atoms with E-state index < -0.39 is 9.84 Å². The minimum atomic E-state index is -3.23. The topological polar surface area (TPSA) is 59.1 Å². The normalized spacial score (nSPS) is 24.1. The molecule has 1 saturated carbocycles. The van der Waals surface area contributed by atoms with E-state index in [1.54, 1.807) is 18.3 Å². The smallest absolute Gasteiger partial charge is 0.179 e. The Hall–Kier alpha value is -0.750. The molecule has 19 heavy (non-hydrogen) atoms. The van der Waals surface area contributed by atoms with E-state index in [-0.39, 0.29) is 0 Å². The molecule has 0 radical (unpaired) electrons. The second kappa shape index (κ2) is 6.13. The number of sulfone groups is 1. The highest BCUT2D eigenvalue weighted by molar-refractivity contribution is 7.99. The number of aromatic nitrogens is 1. The molecule has 0 amide bonds. The lowest BCUT2D eigenvalue weighted by Crippen LogP contribution is -2.28. The highest BCUT2D eigenvalue weighted by atomic mass is 32.2. The molecule has 0 spiro atoms. The summed E-state index contributed by atoms with van der Waals surface area (Å²) in [5, 5.41) is 4.05. The molecular weight excluding hydrogens is 280 g/mol. The summed E-state index contributed by atoms with van der Waals surface area (Å²) in [6.45, 7) is 0. The monoisotopic (exact) mass is 300 g/mol. The Bertz CT molecular complexity index is 523. The van der Waals surface area contributed by atoms with E-state index in [1.807, 2.05) is 11.8 Å². The van der Waals surface area contributed by atoms with E-state index in [2.05, 4.69) is 16.6 Å². The fourth-order valence-electron chi connectivity index (χ4n) is 2.43. The number of nitrogens with zero attached hydrogens (tertiary/aromatic N) is 1. The molecule has 0 aliphatic heterocycles. The van der Waals surface area contributed by atoms with Gasteiger partial charge in [-0.3, -0.25) is 0 Å². The fourth-order valence-corrected chi connectivity index (χ4v) is 3.97. The van der Waals surface area contributed by atoms with Crippen LogP contribution in [0.2, 0.25) is 0 Å². The van der Waals surface area contributed by atoms with Crippen LogP contribution in [0.25, 0.3) is 0 Å². The standard InChI is InChI=1S/C13H20N2O2S2/c1-18-11-7-5-10(6-8-11)15-13-12(19(2,16)17)4-3-9-14-13/h3-4,9-11H,5-8H2,1-2H3,(H,14,15). The first kappa shape index (κ1) is 14.7. The maximum absolute atomic E-state index is 11.7. The van der Waals surface area contributed by atoms with Gasteiger partial charge in [0, 0.05) is 23.7 Å². The second-order valence-corrected chi connectivity index (χ2v) is 8.10. The first-order valence-electron chi connectivity index (χ1n) is 6.45. The van der Waals surface area contributed by atoms with Gasteiger partial charge in [0.25, 0.3) is 0 Å². The van der Waals surface area contributed by atoms with Gasteiger partial charge >= 0.3 is 0 Å². The van der Waals surface area contributed by atoms with Crippen molar-refractivity contribution in [3.05, 3.63) is 18.3 Å². The number of nitrogens with one attached hydrogen (secondary N) is 1. The molecule has 0 saturated heterocycles. The van der Waals surface area contributed by atoms with Crippen LogP contribution in [-0.2, 0) is 9.84 Å². The third-order valence-electron chi connectivity index (χ3n) is 3.52. The zero-order chi connectivity index (χ0) is 13.9. The highest BCUT2D eigenvalue weighted by Gasteiger charge is 2.22. The first-order chi connectivity index (χ1) is 9.00. The third kappa shape index (κ3) is 3.86. The van der Waals surface area contributed by atoms with Crippen molar-refractivity contribution in [2.75, 3.05) is 17.8 Å². The quantitative estimate of drug-likeness (QED) is 0.926. The fraction of sp³-hybridized carbons (Fsp3) is 0.615. The highest BCUT2D eigenvalue weighted by Crippen LogP contribution is 2.29. The van der Waals surface area contributed by atoms with Crippen molar-refractivity contribution in [1.82, 2.24) is 4.98 Å². The Kier molecular flexibility index (Phi) is 4.73. The van der Waals surface area contributed by atoms with Crippen LogP contribution in [-0.4, -0.2) is 37.2 Å². The number of rotatable bonds is 4. The van der Waals surface area contributed by atoms with Gasteiger partial charge in [0.2, 0.25) is 0 Å². The SMILES string of the molecule is CSC1CCC(Nc2ncccc2S(C)(=O)=O)CC1. The Morgan fingerprint density at radius 3 is 2.58 bits per heavy atom. The maximum Gasteiger partial charge on any atom is 0.179 e. The summed E-state index contributed by atoms with van der Waals surface area (Å²) >= 11 is 1.92. The molecule has 0 bridgehead atoms. The maximum atomic E-state index is 11.7. The van der Waals surface area contributed by atoms with Crippen molar-refractivity contribution >= 4 is 27.4 Å². The van der Waals surface area contributed by atoms with E-state index >= 15 is 0 Å².